The Kier molecular flexibility index (Phi) is 15.9. The summed E-state index contributed by atoms with van der Waals surface area (Å²) in [7, 11) is 0. The minimum absolute atomic E-state index is 0.121. The minimum atomic E-state index is -1.57. The summed E-state index contributed by atoms with van der Waals surface area (Å²) in [5.41, 5.74) is 3.90. The van der Waals surface area contributed by atoms with E-state index in [4.69, 9.17) is 5.73 Å². The maximum Gasteiger partial charge on any atom is 0.338 e. The fourth-order valence-electron chi connectivity index (χ4n) is 8.61. The zero-order valence-corrected chi connectivity index (χ0v) is 35.7. The van der Waals surface area contributed by atoms with Crippen molar-refractivity contribution in [2.24, 2.45) is 23.0 Å². The van der Waals surface area contributed by atoms with Gasteiger partial charge in [0.1, 0.15) is 30.2 Å². The van der Waals surface area contributed by atoms with E-state index in [1.54, 1.807) is 20.8 Å². The molecule has 5 rings (SSSR count). The van der Waals surface area contributed by atoms with Crippen LogP contribution in [0.2, 0.25) is 0 Å². The van der Waals surface area contributed by atoms with Gasteiger partial charge in [0.15, 0.2) is 5.78 Å². The molecule has 2 heterocycles. The number of nitrogens with one attached hydrogen (secondary N) is 5. The number of carboxylic acids is 1. The fourth-order valence-corrected chi connectivity index (χ4v) is 8.61. The Balaban J connectivity index is 1.36. The van der Waals surface area contributed by atoms with Gasteiger partial charge in [-0.25, -0.2) is 4.79 Å². The molecular formula is C43H60N8O11. The Bertz CT molecular complexity index is 1920. The number of nitrogens with zero attached hydrogens (tertiary/aromatic N) is 2. The Morgan fingerprint density at radius 3 is 1.98 bits per heavy atom. The van der Waals surface area contributed by atoms with Crippen LogP contribution in [0.1, 0.15) is 138 Å². The second-order valence-corrected chi connectivity index (χ2v) is 18.2. The number of aromatic nitrogens is 1. The van der Waals surface area contributed by atoms with Crippen LogP contribution in [0.5, 0.6) is 0 Å². The molecule has 1 aromatic rings. The number of pyridine rings is 1. The lowest BCUT2D eigenvalue weighted by atomic mass is 9.81. The Morgan fingerprint density at radius 2 is 1.42 bits per heavy atom. The summed E-state index contributed by atoms with van der Waals surface area (Å²) >= 11 is 0. The van der Waals surface area contributed by atoms with Crippen molar-refractivity contribution in [3.05, 3.63) is 29.6 Å². The van der Waals surface area contributed by atoms with Crippen LogP contribution in [0.25, 0.3) is 0 Å². The molecule has 4 unspecified atom stereocenters. The number of likely N-dealkylation sites (tertiary alicyclic amines) is 1. The van der Waals surface area contributed by atoms with Gasteiger partial charge in [-0.05, 0) is 68.3 Å². The van der Waals surface area contributed by atoms with Gasteiger partial charge in [-0.15, -0.1) is 0 Å². The number of hydrogen-bond donors (Lipinski definition) is 7. The molecule has 0 radical (unpaired) electrons. The summed E-state index contributed by atoms with van der Waals surface area (Å²) in [6.07, 6.45) is 10.4. The Morgan fingerprint density at radius 1 is 0.806 bits per heavy atom. The van der Waals surface area contributed by atoms with E-state index < -0.39 is 119 Å². The molecule has 1 saturated heterocycles. The van der Waals surface area contributed by atoms with Crippen molar-refractivity contribution >= 4 is 58.9 Å². The number of primary amides is 1. The van der Waals surface area contributed by atoms with Crippen molar-refractivity contribution in [2.75, 3.05) is 6.54 Å². The molecule has 7 amide bonds. The molecule has 1 aliphatic heterocycles. The van der Waals surface area contributed by atoms with Crippen LogP contribution in [0.3, 0.4) is 0 Å². The number of carbonyl (C=O) groups is 10. The largest absolute Gasteiger partial charge is 0.478 e. The molecule has 1 aromatic heterocycles. The number of nitrogens with two attached hydrogens (primary N) is 1. The van der Waals surface area contributed by atoms with Crippen LogP contribution in [0.4, 0.5) is 0 Å². The summed E-state index contributed by atoms with van der Waals surface area (Å²) in [6.45, 7) is 4.41. The molecule has 0 aromatic carbocycles. The van der Waals surface area contributed by atoms with Gasteiger partial charge in [0.2, 0.25) is 35.3 Å². The molecule has 0 bridgehead atoms. The van der Waals surface area contributed by atoms with Crippen LogP contribution >= 0.6 is 0 Å². The SMILES string of the molecule is CC(C)(C)C(NC(=O)C(CCC(=O)C(=O)NC1CC1)NC(=O)c1ccncc1C(=O)O)C(=O)N1CC(=O)C[C@H]1C(=O)NC(C(=O)NC(C(N)=O)C1CCCCC1)C1CCCCC1. The normalized spacial score (nSPS) is 20.5. The van der Waals surface area contributed by atoms with Crippen molar-refractivity contribution in [1.82, 2.24) is 36.5 Å². The van der Waals surface area contributed by atoms with Crippen molar-refractivity contribution in [1.29, 1.82) is 0 Å². The molecule has 0 spiro atoms. The van der Waals surface area contributed by atoms with E-state index in [0.717, 1.165) is 81.4 Å². The van der Waals surface area contributed by atoms with Crippen molar-refractivity contribution in [2.45, 2.75) is 153 Å². The summed E-state index contributed by atoms with van der Waals surface area (Å²) < 4.78 is 0. The van der Waals surface area contributed by atoms with Gasteiger partial charge in [-0.3, -0.25) is 48.1 Å². The summed E-state index contributed by atoms with van der Waals surface area (Å²) in [5, 5.41) is 23.0. The van der Waals surface area contributed by atoms with Gasteiger partial charge in [0.25, 0.3) is 11.8 Å². The van der Waals surface area contributed by atoms with E-state index in [0.29, 0.717) is 12.8 Å². The zero-order chi connectivity index (χ0) is 45.3. The number of amides is 7. The van der Waals surface area contributed by atoms with Crippen molar-refractivity contribution in [3.63, 3.8) is 0 Å². The maximum absolute atomic E-state index is 14.5. The molecule has 8 N–H and O–H groups in total. The molecule has 4 fully saturated rings. The summed E-state index contributed by atoms with van der Waals surface area (Å²) in [6, 6.07) is -5.36. The van der Waals surface area contributed by atoms with Gasteiger partial charge in [-0.2, -0.15) is 0 Å². The van der Waals surface area contributed by atoms with Crippen LogP contribution in [-0.2, 0) is 38.4 Å². The highest BCUT2D eigenvalue weighted by atomic mass is 16.4. The van der Waals surface area contributed by atoms with Gasteiger partial charge in [0, 0.05) is 31.3 Å². The van der Waals surface area contributed by atoms with E-state index in [2.05, 4.69) is 31.6 Å². The average molecular weight is 865 g/mol. The second-order valence-electron chi connectivity index (χ2n) is 18.2. The van der Waals surface area contributed by atoms with Crippen molar-refractivity contribution in [3.8, 4) is 0 Å². The second kappa shape index (κ2) is 20.9. The monoisotopic (exact) mass is 864 g/mol. The lowest BCUT2D eigenvalue weighted by Crippen LogP contribution is -2.62. The number of rotatable bonds is 18. The number of Topliss-reactive ketones (excluding diaryl/α,β-unsaturated/α-hetero) is 2. The molecular weight excluding hydrogens is 805 g/mol. The van der Waals surface area contributed by atoms with E-state index in [9.17, 15) is 53.1 Å². The van der Waals surface area contributed by atoms with E-state index in [-0.39, 0.29) is 29.9 Å². The maximum atomic E-state index is 14.5. The first-order chi connectivity index (χ1) is 29.3. The predicted molar refractivity (Wildman–Crippen MR) is 221 cm³/mol. The summed E-state index contributed by atoms with van der Waals surface area (Å²) in [4.78, 5) is 138. The third kappa shape index (κ3) is 12.4. The fraction of sp³-hybridized carbons (Fsp3) is 0.651. The molecule has 19 nitrogen and oxygen atoms in total. The number of ketones is 2. The first-order valence-corrected chi connectivity index (χ1v) is 21.7. The molecule has 19 heteroatoms. The molecule has 62 heavy (non-hydrogen) atoms. The highest BCUT2D eigenvalue weighted by Gasteiger charge is 2.47. The number of carbonyl (C=O) groups excluding carboxylic acids is 9. The predicted octanol–water partition coefficient (Wildman–Crippen LogP) is 0.823. The molecule has 5 atom stereocenters. The number of hydrogen-bond acceptors (Lipinski definition) is 11. The van der Waals surface area contributed by atoms with Gasteiger partial charge in [0.05, 0.1) is 17.7 Å². The first kappa shape index (κ1) is 47.3. The molecule has 4 aliphatic rings. The average Bonchev–Trinajstić information content (AvgIpc) is 3.97. The van der Waals surface area contributed by atoms with Gasteiger partial charge in [-0.1, -0.05) is 59.3 Å². The Hall–Kier alpha value is -5.75. The van der Waals surface area contributed by atoms with E-state index >= 15 is 0 Å². The van der Waals surface area contributed by atoms with Crippen LogP contribution in [0, 0.1) is 17.3 Å². The quantitative estimate of drug-likeness (QED) is 0.101. The summed E-state index contributed by atoms with van der Waals surface area (Å²) in [5.74, 6) is -8.82. The first-order valence-electron chi connectivity index (χ1n) is 21.7. The highest BCUT2D eigenvalue weighted by Crippen LogP contribution is 2.30. The van der Waals surface area contributed by atoms with Crippen LogP contribution in [-0.4, -0.2) is 117 Å². The van der Waals surface area contributed by atoms with Gasteiger partial charge < -0.3 is 42.3 Å². The third-order valence-electron chi connectivity index (χ3n) is 12.3. The van der Waals surface area contributed by atoms with Crippen LogP contribution in [0.15, 0.2) is 18.5 Å². The smallest absolute Gasteiger partial charge is 0.338 e. The third-order valence-corrected chi connectivity index (χ3v) is 12.3. The van der Waals surface area contributed by atoms with Crippen LogP contribution < -0.4 is 32.3 Å². The van der Waals surface area contributed by atoms with E-state index in [1.807, 2.05) is 0 Å². The number of carboxylic acid groups (broad SMARTS) is 1. The molecule has 338 valence electrons. The molecule has 3 aliphatic carbocycles. The molecule has 3 saturated carbocycles. The zero-order valence-electron chi connectivity index (χ0n) is 35.7. The topological polar surface area (TPSA) is 293 Å². The minimum Gasteiger partial charge on any atom is -0.478 e. The lowest BCUT2D eigenvalue weighted by molar-refractivity contribution is -0.145. The lowest BCUT2D eigenvalue weighted by Gasteiger charge is -2.37. The Labute approximate surface area is 360 Å². The highest BCUT2D eigenvalue weighted by molar-refractivity contribution is 6.36. The standard InChI is InChI=1S/C43H60N8O11/c1-43(2,3)34(50-37(56)29(16-17-31(53)39(58)46-25-14-15-25)47-36(55)27-18-19-45-21-28(27)42(61)62)41(60)51-22-26(52)20-30(51)38(57)49-33(24-12-8-5-9-13-24)40(59)48-32(35(44)54)23-10-6-4-7-11-23/h18-19,21,23-25,29-30,32-34H,4-17,20,22H2,1-3H3,(H2,44,54)(H,46,58)(H,47,55)(H,48,59)(H,49,57)(H,50,56)(H,61,62)/t29?,30-,32?,33?,34?/m0/s1. The number of aromatic carboxylic acids is 1. The van der Waals surface area contributed by atoms with Gasteiger partial charge >= 0.3 is 5.97 Å². The van der Waals surface area contributed by atoms with E-state index in [1.165, 1.54) is 6.20 Å². The van der Waals surface area contributed by atoms with Crippen molar-refractivity contribution < 1.29 is 53.1 Å².